The Hall–Kier alpha value is -1.77. The van der Waals surface area contributed by atoms with Gasteiger partial charge in [-0.25, -0.2) is 0 Å². The molecule has 1 aliphatic carbocycles. The quantitative estimate of drug-likeness (QED) is 0.834. The first-order valence-electron chi connectivity index (χ1n) is 6.58. The molecule has 1 fully saturated rings. The predicted octanol–water partition coefficient (Wildman–Crippen LogP) is 3.42. The molecule has 1 heterocycles. The Labute approximate surface area is 106 Å². The third-order valence-electron chi connectivity index (χ3n) is 3.88. The van der Waals surface area contributed by atoms with Gasteiger partial charge in [-0.1, -0.05) is 31.4 Å². The molecular formula is C15H17NO2. The summed E-state index contributed by atoms with van der Waals surface area (Å²) in [6, 6.07) is 7.32. The van der Waals surface area contributed by atoms with Gasteiger partial charge in [0.25, 0.3) is 0 Å². The summed E-state index contributed by atoms with van der Waals surface area (Å²) in [6.07, 6.45) is 5.71. The SMILES string of the molecule is Nc1oc2ccccc2c(=O)c1C1CCCCC1. The molecule has 94 valence electrons. The third-order valence-corrected chi connectivity index (χ3v) is 3.88. The van der Waals surface area contributed by atoms with Gasteiger partial charge < -0.3 is 10.2 Å². The highest BCUT2D eigenvalue weighted by molar-refractivity contribution is 5.78. The Balaban J connectivity index is 2.19. The molecule has 0 amide bonds. The van der Waals surface area contributed by atoms with Crippen LogP contribution in [0.3, 0.4) is 0 Å². The van der Waals surface area contributed by atoms with Crippen molar-refractivity contribution in [1.29, 1.82) is 0 Å². The summed E-state index contributed by atoms with van der Waals surface area (Å²) >= 11 is 0. The zero-order valence-electron chi connectivity index (χ0n) is 10.3. The summed E-state index contributed by atoms with van der Waals surface area (Å²) in [5.74, 6) is 0.588. The van der Waals surface area contributed by atoms with Crippen molar-refractivity contribution in [2.24, 2.45) is 0 Å². The number of anilines is 1. The fraction of sp³-hybridized carbons (Fsp3) is 0.400. The van der Waals surface area contributed by atoms with Crippen molar-refractivity contribution in [3.05, 3.63) is 40.1 Å². The molecule has 0 radical (unpaired) electrons. The molecular weight excluding hydrogens is 226 g/mol. The number of nitrogen functional groups attached to an aromatic ring is 1. The maximum atomic E-state index is 12.5. The largest absolute Gasteiger partial charge is 0.440 e. The Kier molecular flexibility index (Phi) is 2.82. The summed E-state index contributed by atoms with van der Waals surface area (Å²) in [7, 11) is 0. The fourth-order valence-electron chi connectivity index (χ4n) is 2.95. The van der Waals surface area contributed by atoms with E-state index in [-0.39, 0.29) is 11.3 Å². The van der Waals surface area contributed by atoms with E-state index in [9.17, 15) is 4.79 Å². The molecule has 0 atom stereocenters. The van der Waals surface area contributed by atoms with Gasteiger partial charge in [-0.15, -0.1) is 0 Å². The molecule has 1 aromatic carbocycles. The molecule has 0 spiro atoms. The Morgan fingerprint density at radius 2 is 1.83 bits per heavy atom. The molecule has 0 unspecified atom stereocenters. The Bertz CT molecular complexity index is 624. The number of nitrogens with two attached hydrogens (primary N) is 1. The van der Waals surface area contributed by atoms with E-state index in [0.29, 0.717) is 22.4 Å². The van der Waals surface area contributed by atoms with Crippen molar-refractivity contribution in [1.82, 2.24) is 0 Å². The van der Waals surface area contributed by atoms with Gasteiger partial charge in [-0.05, 0) is 30.9 Å². The highest BCUT2D eigenvalue weighted by Crippen LogP contribution is 2.34. The lowest BCUT2D eigenvalue weighted by molar-refractivity contribution is 0.437. The molecule has 3 heteroatoms. The lowest BCUT2D eigenvalue weighted by atomic mass is 9.84. The van der Waals surface area contributed by atoms with Crippen molar-refractivity contribution in [2.45, 2.75) is 38.0 Å². The van der Waals surface area contributed by atoms with E-state index in [1.807, 2.05) is 18.2 Å². The van der Waals surface area contributed by atoms with Crippen LogP contribution in [0.5, 0.6) is 0 Å². The number of benzene rings is 1. The Morgan fingerprint density at radius 3 is 2.61 bits per heavy atom. The van der Waals surface area contributed by atoms with E-state index in [0.717, 1.165) is 12.8 Å². The average molecular weight is 243 g/mol. The van der Waals surface area contributed by atoms with Crippen LogP contribution in [-0.4, -0.2) is 0 Å². The highest BCUT2D eigenvalue weighted by Gasteiger charge is 2.23. The van der Waals surface area contributed by atoms with Crippen LogP contribution in [0.2, 0.25) is 0 Å². The van der Waals surface area contributed by atoms with Gasteiger partial charge in [-0.2, -0.15) is 0 Å². The molecule has 1 aromatic heterocycles. The summed E-state index contributed by atoms with van der Waals surface area (Å²) < 4.78 is 5.60. The molecule has 3 nitrogen and oxygen atoms in total. The van der Waals surface area contributed by atoms with Crippen molar-refractivity contribution in [2.75, 3.05) is 5.73 Å². The van der Waals surface area contributed by atoms with Crippen LogP contribution in [0.25, 0.3) is 11.0 Å². The smallest absolute Gasteiger partial charge is 0.198 e. The van der Waals surface area contributed by atoms with Crippen molar-refractivity contribution < 1.29 is 4.42 Å². The number of hydrogen-bond donors (Lipinski definition) is 1. The predicted molar refractivity (Wildman–Crippen MR) is 72.7 cm³/mol. The summed E-state index contributed by atoms with van der Waals surface area (Å²) in [4.78, 5) is 12.5. The molecule has 0 bridgehead atoms. The third kappa shape index (κ3) is 1.80. The van der Waals surface area contributed by atoms with E-state index < -0.39 is 0 Å². The fourth-order valence-corrected chi connectivity index (χ4v) is 2.95. The van der Waals surface area contributed by atoms with Crippen LogP contribution < -0.4 is 11.2 Å². The van der Waals surface area contributed by atoms with Crippen LogP contribution >= 0.6 is 0 Å². The first-order valence-corrected chi connectivity index (χ1v) is 6.58. The number of fused-ring (bicyclic) bond motifs is 1. The second kappa shape index (κ2) is 4.48. The van der Waals surface area contributed by atoms with E-state index in [4.69, 9.17) is 10.2 Å². The first kappa shape index (κ1) is 11.3. The average Bonchev–Trinajstić information content (AvgIpc) is 2.40. The van der Waals surface area contributed by atoms with Crippen LogP contribution in [0.15, 0.2) is 33.5 Å². The Morgan fingerprint density at radius 1 is 1.11 bits per heavy atom. The zero-order chi connectivity index (χ0) is 12.5. The van der Waals surface area contributed by atoms with Crippen molar-refractivity contribution in [3.8, 4) is 0 Å². The first-order chi connectivity index (χ1) is 8.77. The maximum absolute atomic E-state index is 12.5. The second-order valence-electron chi connectivity index (χ2n) is 5.04. The summed E-state index contributed by atoms with van der Waals surface area (Å²) in [5.41, 5.74) is 7.29. The van der Waals surface area contributed by atoms with Crippen LogP contribution in [0, 0.1) is 0 Å². The van der Waals surface area contributed by atoms with Gasteiger partial charge in [0, 0.05) is 0 Å². The van der Waals surface area contributed by atoms with Crippen molar-refractivity contribution in [3.63, 3.8) is 0 Å². The molecule has 0 aliphatic heterocycles. The molecule has 3 rings (SSSR count). The molecule has 1 saturated carbocycles. The van der Waals surface area contributed by atoms with E-state index in [1.165, 1.54) is 19.3 Å². The molecule has 2 aromatic rings. The van der Waals surface area contributed by atoms with Gasteiger partial charge >= 0.3 is 0 Å². The van der Waals surface area contributed by atoms with Gasteiger partial charge in [0.15, 0.2) is 11.3 Å². The topological polar surface area (TPSA) is 56.2 Å². The van der Waals surface area contributed by atoms with Gasteiger partial charge in [0.2, 0.25) is 0 Å². The molecule has 18 heavy (non-hydrogen) atoms. The minimum absolute atomic E-state index is 0.0567. The normalized spacial score (nSPS) is 17.1. The van der Waals surface area contributed by atoms with Crippen molar-refractivity contribution >= 4 is 16.9 Å². The number of rotatable bonds is 1. The molecule has 1 aliphatic rings. The second-order valence-corrected chi connectivity index (χ2v) is 5.04. The standard InChI is InChI=1S/C15H17NO2/c16-15-13(10-6-2-1-3-7-10)14(17)11-8-4-5-9-12(11)18-15/h4-5,8-10H,1-3,6-7,16H2. The van der Waals surface area contributed by atoms with Gasteiger partial charge in [-0.3, -0.25) is 4.79 Å². The van der Waals surface area contributed by atoms with E-state index in [1.54, 1.807) is 6.07 Å². The lowest BCUT2D eigenvalue weighted by Gasteiger charge is -2.22. The highest BCUT2D eigenvalue weighted by atomic mass is 16.3. The lowest BCUT2D eigenvalue weighted by Crippen LogP contribution is -2.18. The number of para-hydroxylation sites is 1. The van der Waals surface area contributed by atoms with E-state index >= 15 is 0 Å². The minimum Gasteiger partial charge on any atom is -0.440 e. The monoisotopic (exact) mass is 243 g/mol. The molecule has 2 N–H and O–H groups in total. The van der Waals surface area contributed by atoms with Crippen LogP contribution in [-0.2, 0) is 0 Å². The number of hydrogen-bond acceptors (Lipinski definition) is 3. The molecule has 0 saturated heterocycles. The summed E-state index contributed by atoms with van der Waals surface area (Å²) in [6.45, 7) is 0. The maximum Gasteiger partial charge on any atom is 0.198 e. The van der Waals surface area contributed by atoms with Crippen LogP contribution in [0.4, 0.5) is 5.88 Å². The van der Waals surface area contributed by atoms with Gasteiger partial charge in [0.05, 0.1) is 10.9 Å². The van der Waals surface area contributed by atoms with Crippen LogP contribution in [0.1, 0.15) is 43.6 Å². The summed E-state index contributed by atoms with van der Waals surface area (Å²) in [5, 5.41) is 0.646. The minimum atomic E-state index is 0.0567. The van der Waals surface area contributed by atoms with Gasteiger partial charge in [0.1, 0.15) is 5.58 Å². The zero-order valence-corrected chi connectivity index (χ0v) is 10.3. The van der Waals surface area contributed by atoms with E-state index in [2.05, 4.69) is 0 Å².